The molecule has 0 saturated carbocycles. The van der Waals surface area contributed by atoms with Crippen LogP contribution in [0, 0.1) is 0 Å². The summed E-state index contributed by atoms with van der Waals surface area (Å²) in [6.45, 7) is 0.434. The summed E-state index contributed by atoms with van der Waals surface area (Å²) >= 11 is 0. The minimum Gasteiger partial charge on any atom is -0.362 e. The third kappa shape index (κ3) is 3.86. The molecule has 0 aliphatic heterocycles. The summed E-state index contributed by atoms with van der Waals surface area (Å²) in [4.78, 5) is 19.1. The van der Waals surface area contributed by atoms with Gasteiger partial charge in [0.1, 0.15) is 5.82 Å². The lowest BCUT2D eigenvalue weighted by Crippen LogP contribution is -2.25. The fraction of sp³-hybridized carbons (Fsp3) is 0.143. The Labute approximate surface area is 148 Å². The van der Waals surface area contributed by atoms with Crippen LogP contribution in [-0.2, 0) is 6.54 Å². The van der Waals surface area contributed by atoms with Crippen LogP contribution in [0.15, 0.2) is 72.9 Å². The van der Waals surface area contributed by atoms with Crippen molar-refractivity contribution in [3.8, 4) is 11.1 Å². The lowest BCUT2D eigenvalue weighted by atomic mass is 9.99. The molecule has 0 bridgehead atoms. The van der Waals surface area contributed by atoms with Crippen molar-refractivity contribution in [2.45, 2.75) is 6.54 Å². The molecule has 3 rings (SSSR count). The van der Waals surface area contributed by atoms with E-state index < -0.39 is 0 Å². The SMILES string of the molecule is CN(C)c1ncccc1CNC(=O)c1ccccc1-c1ccccc1. The highest BCUT2D eigenvalue weighted by atomic mass is 16.1. The summed E-state index contributed by atoms with van der Waals surface area (Å²) in [5.74, 6) is 0.771. The number of amides is 1. The molecule has 0 spiro atoms. The van der Waals surface area contributed by atoms with E-state index in [1.54, 1.807) is 6.20 Å². The number of pyridine rings is 1. The molecule has 4 nitrogen and oxygen atoms in total. The highest BCUT2D eigenvalue weighted by Gasteiger charge is 2.13. The number of nitrogens with zero attached hydrogens (tertiary/aromatic N) is 2. The third-order valence-electron chi connectivity index (χ3n) is 3.99. The quantitative estimate of drug-likeness (QED) is 0.774. The van der Waals surface area contributed by atoms with E-state index in [2.05, 4.69) is 10.3 Å². The van der Waals surface area contributed by atoms with Crippen LogP contribution in [0.1, 0.15) is 15.9 Å². The van der Waals surface area contributed by atoms with E-state index in [0.29, 0.717) is 12.1 Å². The van der Waals surface area contributed by atoms with E-state index in [1.165, 1.54) is 0 Å². The summed E-state index contributed by atoms with van der Waals surface area (Å²) in [7, 11) is 3.89. The third-order valence-corrected chi connectivity index (χ3v) is 3.99. The molecule has 1 aromatic heterocycles. The van der Waals surface area contributed by atoms with Crippen molar-refractivity contribution in [1.82, 2.24) is 10.3 Å². The molecule has 1 heterocycles. The second-order valence-corrected chi connectivity index (χ2v) is 5.97. The van der Waals surface area contributed by atoms with Crippen LogP contribution in [0.2, 0.25) is 0 Å². The fourth-order valence-corrected chi connectivity index (χ4v) is 2.79. The Hall–Kier alpha value is -3.14. The second-order valence-electron chi connectivity index (χ2n) is 5.97. The Morgan fingerprint density at radius 2 is 1.68 bits per heavy atom. The predicted octanol–water partition coefficient (Wildman–Crippen LogP) is 3.74. The van der Waals surface area contributed by atoms with E-state index in [1.807, 2.05) is 85.7 Å². The van der Waals surface area contributed by atoms with E-state index in [9.17, 15) is 4.79 Å². The molecule has 3 aromatic rings. The Kier molecular flexibility index (Phi) is 5.09. The van der Waals surface area contributed by atoms with Gasteiger partial charge in [-0.15, -0.1) is 0 Å². The number of aromatic nitrogens is 1. The van der Waals surface area contributed by atoms with Gasteiger partial charge < -0.3 is 10.2 Å². The van der Waals surface area contributed by atoms with Crippen molar-refractivity contribution in [2.24, 2.45) is 0 Å². The molecule has 0 aliphatic carbocycles. The lowest BCUT2D eigenvalue weighted by molar-refractivity contribution is 0.0951. The van der Waals surface area contributed by atoms with Gasteiger partial charge in [-0.1, -0.05) is 54.6 Å². The number of hydrogen-bond donors (Lipinski definition) is 1. The van der Waals surface area contributed by atoms with Gasteiger partial charge in [0.25, 0.3) is 5.91 Å². The van der Waals surface area contributed by atoms with Gasteiger partial charge in [-0.3, -0.25) is 4.79 Å². The highest BCUT2D eigenvalue weighted by molar-refractivity contribution is 6.00. The van der Waals surface area contributed by atoms with Gasteiger partial charge in [-0.05, 0) is 23.3 Å². The van der Waals surface area contributed by atoms with Gasteiger partial charge in [0.05, 0.1) is 0 Å². The summed E-state index contributed by atoms with van der Waals surface area (Å²) in [6, 6.07) is 21.5. The van der Waals surface area contributed by atoms with Crippen LogP contribution in [0.25, 0.3) is 11.1 Å². The van der Waals surface area contributed by atoms with Crippen molar-refractivity contribution < 1.29 is 4.79 Å². The van der Waals surface area contributed by atoms with Crippen LogP contribution >= 0.6 is 0 Å². The van der Waals surface area contributed by atoms with E-state index >= 15 is 0 Å². The molecular weight excluding hydrogens is 310 g/mol. The maximum Gasteiger partial charge on any atom is 0.252 e. The molecule has 0 atom stereocenters. The molecular formula is C21H21N3O. The number of anilines is 1. The lowest BCUT2D eigenvalue weighted by Gasteiger charge is -2.16. The maximum absolute atomic E-state index is 12.7. The predicted molar refractivity (Wildman–Crippen MR) is 102 cm³/mol. The molecule has 25 heavy (non-hydrogen) atoms. The maximum atomic E-state index is 12.7. The first-order valence-corrected chi connectivity index (χ1v) is 8.20. The first-order chi connectivity index (χ1) is 12.2. The van der Waals surface area contributed by atoms with Crippen molar-refractivity contribution in [3.63, 3.8) is 0 Å². The molecule has 4 heteroatoms. The van der Waals surface area contributed by atoms with Gasteiger partial charge in [0.15, 0.2) is 0 Å². The van der Waals surface area contributed by atoms with E-state index in [4.69, 9.17) is 0 Å². The van der Waals surface area contributed by atoms with Crippen LogP contribution in [0.4, 0.5) is 5.82 Å². The zero-order valence-corrected chi connectivity index (χ0v) is 14.4. The number of carbonyl (C=O) groups is 1. The molecule has 0 saturated heterocycles. The summed E-state index contributed by atoms with van der Waals surface area (Å²) in [5, 5.41) is 3.02. The topological polar surface area (TPSA) is 45.2 Å². The molecule has 0 fully saturated rings. The summed E-state index contributed by atoms with van der Waals surface area (Å²) in [6.07, 6.45) is 1.76. The number of benzene rings is 2. The average molecular weight is 331 g/mol. The van der Waals surface area contributed by atoms with Crippen molar-refractivity contribution in [1.29, 1.82) is 0 Å². The minimum atomic E-state index is -0.0898. The normalized spacial score (nSPS) is 10.3. The molecule has 0 unspecified atom stereocenters. The van der Waals surface area contributed by atoms with Crippen molar-refractivity contribution in [2.75, 3.05) is 19.0 Å². The van der Waals surface area contributed by atoms with Gasteiger partial charge in [0, 0.05) is 38.0 Å². The number of rotatable bonds is 5. The van der Waals surface area contributed by atoms with Crippen molar-refractivity contribution >= 4 is 11.7 Å². The fourth-order valence-electron chi connectivity index (χ4n) is 2.79. The van der Waals surface area contributed by atoms with Gasteiger partial charge in [0.2, 0.25) is 0 Å². The first kappa shape index (κ1) is 16.7. The van der Waals surface area contributed by atoms with Crippen LogP contribution < -0.4 is 10.2 Å². The number of hydrogen-bond acceptors (Lipinski definition) is 3. The average Bonchev–Trinajstić information content (AvgIpc) is 2.67. The molecule has 126 valence electrons. The smallest absolute Gasteiger partial charge is 0.252 e. The zero-order valence-electron chi connectivity index (χ0n) is 14.4. The van der Waals surface area contributed by atoms with E-state index in [-0.39, 0.29) is 5.91 Å². The summed E-state index contributed by atoms with van der Waals surface area (Å²) in [5.41, 5.74) is 3.62. The second kappa shape index (κ2) is 7.62. The number of carbonyl (C=O) groups excluding carboxylic acids is 1. The minimum absolute atomic E-state index is 0.0898. The van der Waals surface area contributed by atoms with Gasteiger partial charge >= 0.3 is 0 Å². The van der Waals surface area contributed by atoms with Crippen LogP contribution in [0.3, 0.4) is 0 Å². The van der Waals surface area contributed by atoms with Crippen molar-refractivity contribution in [3.05, 3.63) is 84.1 Å². The van der Waals surface area contributed by atoms with Crippen LogP contribution in [0.5, 0.6) is 0 Å². The van der Waals surface area contributed by atoms with Gasteiger partial charge in [-0.2, -0.15) is 0 Å². The first-order valence-electron chi connectivity index (χ1n) is 8.20. The van der Waals surface area contributed by atoms with Crippen LogP contribution in [-0.4, -0.2) is 25.0 Å². The monoisotopic (exact) mass is 331 g/mol. The molecule has 1 amide bonds. The number of nitrogens with one attached hydrogen (secondary N) is 1. The van der Waals surface area contributed by atoms with Gasteiger partial charge in [-0.25, -0.2) is 4.98 Å². The molecule has 0 radical (unpaired) electrons. The molecule has 2 aromatic carbocycles. The largest absolute Gasteiger partial charge is 0.362 e. The Morgan fingerprint density at radius 3 is 2.44 bits per heavy atom. The summed E-state index contributed by atoms with van der Waals surface area (Å²) < 4.78 is 0. The molecule has 1 N–H and O–H groups in total. The zero-order chi connectivity index (χ0) is 17.6. The Balaban J connectivity index is 1.82. The molecule has 0 aliphatic rings. The van der Waals surface area contributed by atoms with E-state index in [0.717, 1.165) is 22.5 Å². The standard InChI is InChI=1S/C21H21N3O/c1-24(2)20-17(11-8-14-22-20)15-23-21(25)19-13-7-6-12-18(19)16-9-4-3-5-10-16/h3-14H,15H2,1-2H3,(H,23,25). The Morgan fingerprint density at radius 1 is 0.960 bits per heavy atom. The highest BCUT2D eigenvalue weighted by Crippen LogP contribution is 2.23. The Bertz CT molecular complexity index is 860.